The molecule has 0 aliphatic carbocycles. The molecule has 0 aromatic heterocycles. The zero-order chi connectivity index (χ0) is 18.8. The highest BCUT2D eigenvalue weighted by Crippen LogP contribution is 2.33. The van der Waals surface area contributed by atoms with Crippen molar-refractivity contribution >= 4 is 5.91 Å². The Balaban J connectivity index is 2.36. The molecule has 2 aromatic carbocycles. The average molecular weight is 341 g/mol. The summed E-state index contributed by atoms with van der Waals surface area (Å²) in [6.07, 6.45) is 0. The SMILES string of the molecule is COc1cccc(C(N)=O)c1OCc1c(C)cc(C(C)(C)C)cc1C. The molecule has 134 valence electrons. The number of carbonyl (C=O) groups excluding carboxylic acids is 1. The van der Waals surface area contributed by atoms with Gasteiger partial charge in [0.2, 0.25) is 0 Å². The summed E-state index contributed by atoms with van der Waals surface area (Å²) >= 11 is 0. The van der Waals surface area contributed by atoms with Crippen LogP contribution in [0.2, 0.25) is 0 Å². The highest BCUT2D eigenvalue weighted by molar-refractivity contribution is 5.96. The molecular formula is C21H27NO3. The van der Waals surface area contributed by atoms with Gasteiger partial charge in [-0.05, 0) is 53.6 Å². The van der Waals surface area contributed by atoms with Gasteiger partial charge >= 0.3 is 0 Å². The van der Waals surface area contributed by atoms with E-state index in [2.05, 4.69) is 46.8 Å². The van der Waals surface area contributed by atoms with Gasteiger partial charge in [0, 0.05) is 0 Å². The van der Waals surface area contributed by atoms with Crippen molar-refractivity contribution in [1.29, 1.82) is 0 Å². The van der Waals surface area contributed by atoms with Crippen LogP contribution in [0.5, 0.6) is 11.5 Å². The molecule has 0 spiro atoms. The second kappa shape index (κ2) is 7.18. The lowest BCUT2D eigenvalue weighted by Gasteiger charge is -2.23. The Morgan fingerprint density at radius 3 is 2.20 bits per heavy atom. The van der Waals surface area contributed by atoms with Crippen LogP contribution in [0.1, 0.15) is 53.4 Å². The number of nitrogens with two attached hydrogens (primary N) is 1. The van der Waals surface area contributed by atoms with Gasteiger partial charge in [-0.2, -0.15) is 0 Å². The van der Waals surface area contributed by atoms with Crippen molar-refractivity contribution < 1.29 is 14.3 Å². The number of para-hydroxylation sites is 1. The minimum Gasteiger partial charge on any atom is -0.493 e. The molecule has 0 unspecified atom stereocenters. The molecule has 2 aromatic rings. The maximum absolute atomic E-state index is 11.7. The molecule has 0 bridgehead atoms. The van der Waals surface area contributed by atoms with Gasteiger partial charge in [-0.15, -0.1) is 0 Å². The summed E-state index contributed by atoms with van der Waals surface area (Å²) in [6, 6.07) is 9.51. The number of carbonyl (C=O) groups is 1. The Hall–Kier alpha value is -2.49. The van der Waals surface area contributed by atoms with Crippen LogP contribution in [0.4, 0.5) is 0 Å². The summed E-state index contributed by atoms with van der Waals surface area (Å²) in [5.41, 5.74) is 10.6. The maximum Gasteiger partial charge on any atom is 0.252 e. The molecule has 0 saturated heterocycles. The van der Waals surface area contributed by atoms with Gasteiger partial charge in [-0.25, -0.2) is 0 Å². The summed E-state index contributed by atoms with van der Waals surface area (Å²) in [5, 5.41) is 0. The Labute approximate surface area is 150 Å². The van der Waals surface area contributed by atoms with E-state index in [0.29, 0.717) is 23.7 Å². The first-order chi connectivity index (χ1) is 11.6. The van der Waals surface area contributed by atoms with Gasteiger partial charge in [-0.1, -0.05) is 39.0 Å². The van der Waals surface area contributed by atoms with Crippen molar-refractivity contribution in [2.24, 2.45) is 5.73 Å². The highest BCUT2D eigenvalue weighted by atomic mass is 16.5. The van der Waals surface area contributed by atoms with Crippen molar-refractivity contribution in [2.45, 2.75) is 46.6 Å². The minimum absolute atomic E-state index is 0.0939. The topological polar surface area (TPSA) is 61.5 Å². The summed E-state index contributed by atoms with van der Waals surface area (Å²) in [5.74, 6) is 0.347. The van der Waals surface area contributed by atoms with E-state index < -0.39 is 5.91 Å². The van der Waals surface area contributed by atoms with E-state index in [1.165, 1.54) is 16.7 Å². The molecule has 1 amide bonds. The number of rotatable bonds is 5. The average Bonchev–Trinajstić information content (AvgIpc) is 2.52. The number of amides is 1. The molecule has 2 N–H and O–H groups in total. The van der Waals surface area contributed by atoms with Crippen molar-refractivity contribution in [3.05, 3.63) is 58.1 Å². The number of hydrogen-bond acceptors (Lipinski definition) is 3. The smallest absolute Gasteiger partial charge is 0.252 e. The zero-order valence-corrected chi connectivity index (χ0v) is 15.9. The van der Waals surface area contributed by atoms with Crippen LogP contribution in [-0.2, 0) is 12.0 Å². The fourth-order valence-corrected chi connectivity index (χ4v) is 2.82. The van der Waals surface area contributed by atoms with Crippen LogP contribution in [-0.4, -0.2) is 13.0 Å². The Kier molecular flexibility index (Phi) is 5.41. The number of primary amides is 1. The fraction of sp³-hybridized carbons (Fsp3) is 0.381. The third-order valence-corrected chi connectivity index (χ3v) is 4.39. The van der Waals surface area contributed by atoms with Crippen LogP contribution < -0.4 is 15.2 Å². The largest absolute Gasteiger partial charge is 0.493 e. The maximum atomic E-state index is 11.7. The number of aryl methyl sites for hydroxylation is 2. The van der Waals surface area contributed by atoms with Gasteiger partial charge < -0.3 is 15.2 Å². The predicted octanol–water partition coefficient (Wildman–Crippen LogP) is 4.29. The molecule has 0 aliphatic heterocycles. The lowest BCUT2D eigenvalue weighted by Crippen LogP contribution is -2.15. The molecule has 2 rings (SSSR count). The van der Waals surface area contributed by atoms with Gasteiger partial charge in [0.05, 0.1) is 12.7 Å². The van der Waals surface area contributed by atoms with E-state index in [0.717, 1.165) is 5.56 Å². The molecule has 0 saturated carbocycles. The van der Waals surface area contributed by atoms with Gasteiger partial charge in [0.15, 0.2) is 11.5 Å². The number of methoxy groups -OCH3 is 1. The van der Waals surface area contributed by atoms with Crippen LogP contribution in [0.25, 0.3) is 0 Å². The number of benzene rings is 2. The third-order valence-electron chi connectivity index (χ3n) is 4.39. The first-order valence-corrected chi connectivity index (χ1v) is 8.35. The predicted molar refractivity (Wildman–Crippen MR) is 100 cm³/mol. The summed E-state index contributed by atoms with van der Waals surface area (Å²) in [6.45, 7) is 11.1. The molecule has 0 radical (unpaired) electrons. The lowest BCUT2D eigenvalue weighted by molar-refractivity contribution is 0.0995. The van der Waals surface area contributed by atoms with Crippen LogP contribution in [0.15, 0.2) is 30.3 Å². The van der Waals surface area contributed by atoms with Crippen LogP contribution in [0.3, 0.4) is 0 Å². The molecule has 0 heterocycles. The second-order valence-electron chi connectivity index (χ2n) is 7.33. The molecule has 4 nitrogen and oxygen atoms in total. The standard InChI is InChI=1S/C21H27NO3/c1-13-10-15(21(3,4)5)11-14(2)17(13)12-25-19-16(20(22)23)8-7-9-18(19)24-6/h7-11H,12H2,1-6H3,(H2,22,23). The van der Waals surface area contributed by atoms with Crippen molar-refractivity contribution in [1.82, 2.24) is 0 Å². The van der Waals surface area contributed by atoms with Crippen molar-refractivity contribution in [3.63, 3.8) is 0 Å². The molecular weight excluding hydrogens is 314 g/mol. The first-order valence-electron chi connectivity index (χ1n) is 8.35. The molecule has 4 heteroatoms. The Morgan fingerprint density at radius 1 is 1.12 bits per heavy atom. The van der Waals surface area contributed by atoms with E-state index in [1.807, 2.05) is 0 Å². The quantitative estimate of drug-likeness (QED) is 0.882. The summed E-state index contributed by atoms with van der Waals surface area (Å²) in [7, 11) is 1.54. The van der Waals surface area contributed by atoms with Crippen LogP contribution in [0, 0.1) is 13.8 Å². The van der Waals surface area contributed by atoms with Gasteiger partial charge in [-0.3, -0.25) is 4.79 Å². The number of hydrogen-bond donors (Lipinski definition) is 1. The normalized spacial score (nSPS) is 11.3. The molecule has 0 atom stereocenters. The summed E-state index contributed by atoms with van der Waals surface area (Å²) in [4.78, 5) is 11.7. The van der Waals surface area contributed by atoms with Crippen LogP contribution >= 0.6 is 0 Å². The van der Waals surface area contributed by atoms with Gasteiger partial charge in [0.1, 0.15) is 6.61 Å². The fourth-order valence-electron chi connectivity index (χ4n) is 2.82. The lowest BCUT2D eigenvalue weighted by atomic mass is 9.84. The molecule has 25 heavy (non-hydrogen) atoms. The van der Waals surface area contributed by atoms with Crippen molar-refractivity contribution in [2.75, 3.05) is 7.11 Å². The van der Waals surface area contributed by atoms with E-state index in [-0.39, 0.29) is 5.41 Å². The van der Waals surface area contributed by atoms with Crippen molar-refractivity contribution in [3.8, 4) is 11.5 Å². The minimum atomic E-state index is -0.537. The van der Waals surface area contributed by atoms with E-state index >= 15 is 0 Å². The van der Waals surface area contributed by atoms with E-state index in [4.69, 9.17) is 15.2 Å². The highest BCUT2D eigenvalue weighted by Gasteiger charge is 2.18. The second-order valence-corrected chi connectivity index (χ2v) is 7.33. The van der Waals surface area contributed by atoms with E-state index in [9.17, 15) is 4.79 Å². The van der Waals surface area contributed by atoms with Gasteiger partial charge in [0.25, 0.3) is 5.91 Å². The monoisotopic (exact) mass is 341 g/mol. The third kappa shape index (κ3) is 4.13. The Morgan fingerprint density at radius 2 is 1.72 bits per heavy atom. The zero-order valence-electron chi connectivity index (χ0n) is 15.9. The first kappa shape index (κ1) is 18.8. The summed E-state index contributed by atoms with van der Waals surface area (Å²) < 4.78 is 11.3. The Bertz CT molecular complexity index is 765. The number of ether oxygens (including phenoxy) is 2. The molecule has 0 fully saturated rings. The molecule has 0 aliphatic rings. The van der Waals surface area contributed by atoms with E-state index in [1.54, 1.807) is 25.3 Å².